The van der Waals surface area contributed by atoms with Crippen molar-refractivity contribution in [2.24, 2.45) is 0 Å². The van der Waals surface area contributed by atoms with E-state index in [-0.39, 0.29) is 6.04 Å². The number of aliphatic hydroxyl groups is 1. The third kappa shape index (κ3) is 5.10. The molecule has 0 aliphatic carbocycles. The number of hydrogen-bond acceptors (Lipinski definition) is 11. The smallest absolute Gasteiger partial charge is 0.229 e. The average Bonchev–Trinajstić information content (AvgIpc) is 2.86. The Bertz CT molecular complexity index is 1080. The number of aromatic nitrogens is 5. The number of ether oxygens (including phenoxy) is 1. The Balaban J connectivity index is 1.39. The molecule has 0 spiro atoms. The number of rotatable bonds is 6. The molecule has 0 saturated carbocycles. The summed E-state index contributed by atoms with van der Waals surface area (Å²) < 4.78 is 5.59. The van der Waals surface area contributed by atoms with Gasteiger partial charge in [0.05, 0.1) is 24.4 Å². The molecule has 5 rings (SSSR count). The van der Waals surface area contributed by atoms with Gasteiger partial charge in [-0.25, -0.2) is 15.0 Å². The highest BCUT2D eigenvalue weighted by Gasteiger charge is 2.19. The number of hydrogen-bond donors (Lipinski definition) is 4. The van der Waals surface area contributed by atoms with Crippen molar-refractivity contribution in [3.63, 3.8) is 0 Å². The predicted molar refractivity (Wildman–Crippen MR) is 126 cm³/mol. The average molecular weight is 452 g/mol. The van der Waals surface area contributed by atoms with Crippen LogP contribution in [0, 0.1) is 0 Å². The summed E-state index contributed by atoms with van der Waals surface area (Å²) in [5.74, 6) is 2.44. The Kier molecular flexibility index (Phi) is 6.42. The minimum Gasteiger partial charge on any atom is -0.387 e. The molecule has 2 saturated heterocycles. The highest BCUT2D eigenvalue weighted by Crippen LogP contribution is 2.26. The van der Waals surface area contributed by atoms with Crippen LogP contribution in [0.25, 0.3) is 10.9 Å². The molecule has 5 heterocycles. The topological polar surface area (TPSA) is 133 Å². The summed E-state index contributed by atoms with van der Waals surface area (Å²) in [7, 11) is 0. The number of piperazine rings is 1. The van der Waals surface area contributed by atoms with Gasteiger partial charge in [-0.2, -0.15) is 0 Å². The molecule has 33 heavy (non-hydrogen) atoms. The number of nitrogens with one attached hydrogen (secondary N) is 3. The van der Waals surface area contributed by atoms with E-state index in [4.69, 9.17) is 9.72 Å². The lowest BCUT2D eigenvalue weighted by Gasteiger charge is -2.27. The van der Waals surface area contributed by atoms with Crippen LogP contribution >= 0.6 is 0 Å². The Morgan fingerprint density at radius 1 is 1.21 bits per heavy atom. The van der Waals surface area contributed by atoms with Crippen molar-refractivity contribution in [1.82, 2.24) is 30.5 Å². The van der Waals surface area contributed by atoms with Crippen molar-refractivity contribution in [2.75, 3.05) is 54.9 Å². The maximum absolute atomic E-state index is 10.1. The minimum absolute atomic E-state index is 0.147. The van der Waals surface area contributed by atoms with E-state index in [2.05, 4.69) is 41.0 Å². The molecule has 174 valence electrons. The molecule has 3 aromatic heterocycles. The Morgan fingerprint density at radius 2 is 2.09 bits per heavy atom. The van der Waals surface area contributed by atoms with E-state index in [0.29, 0.717) is 35.4 Å². The second-order valence-corrected chi connectivity index (χ2v) is 8.40. The van der Waals surface area contributed by atoms with Gasteiger partial charge in [0.2, 0.25) is 5.95 Å². The van der Waals surface area contributed by atoms with E-state index in [1.807, 2.05) is 18.2 Å². The summed E-state index contributed by atoms with van der Waals surface area (Å²) in [5.41, 5.74) is 1.24. The third-order valence-electron chi connectivity index (χ3n) is 5.85. The second-order valence-electron chi connectivity index (χ2n) is 8.40. The maximum atomic E-state index is 10.1. The highest BCUT2D eigenvalue weighted by atomic mass is 16.5. The van der Waals surface area contributed by atoms with Crippen LogP contribution in [0.1, 0.15) is 31.6 Å². The first-order valence-electron chi connectivity index (χ1n) is 11.4. The monoisotopic (exact) mass is 451 g/mol. The minimum atomic E-state index is -0.695. The quantitative estimate of drug-likeness (QED) is 0.435. The number of pyridine rings is 1. The molecule has 2 aliphatic heterocycles. The Labute approximate surface area is 192 Å². The fraction of sp³-hybridized carbons (Fsp3) is 0.500. The fourth-order valence-electron chi connectivity index (χ4n) is 4.05. The summed E-state index contributed by atoms with van der Waals surface area (Å²) >= 11 is 0. The van der Waals surface area contributed by atoms with Crippen molar-refractivity contribution in [3.8, 4) is 0 Å². The van der Waals surface area contributed by atoms with Crippen LogP contribution in [-0.4, -0.2) is 75.7 Å². The van der Waals surface area contributed by atoms with E-state index in [9.17, 15) is 5.11 Å². The van der Waals surface area contributed by atoms with Crippen LogP contribution in [0.15, 0.2) is 24.4 Å². The summed E-state index contributed by atoms with van der Waals surface area (Å²) in [5, 5.41) is 29.5. The predicted octanol–water partition coefficient (Wildman–Crippen LogP) is 1.61. The van der Waals surface area contributed by atoms with Gasteiger partial charge in [-0.05, 0) is 38.0 Å². The van der Waals surface area contributed by atoms with Gasteiger partial charge in [0, 0.05) is 44.4 Å². The first kappa shape index (κ1) is 21.7. The first-order valence-corrected chi connectivity index (χ1v) is 11.4. The highest BCUT2D eigenvalue weighted by molar-refractivity contribution is 5.89. The van der Waals surface area contributed by atoms with Crippen molar-refractivity contribution >= 4 is 34.3 Å². The largest absolute Gasteiger partial charge is 0.387 e. The van der Waals surface area contributed by atoms with Crippen LogP contribution in [0.4, 0.5) is 23.4 Å². The Morgan fingerprint density at radius 3 is 2.82 bits per heavy atom. The van der Waals surface area contributed by atoms with Crippen LogP contribution in [0.2, 0.25) is 0 Å². The zero-order chi connectivity index (χ0) is 22.6. The van der Waals surface area contributed by atoms with E-state index in [0.717, 1.165) is 56.8 Å². The van der Waals surface area contributed by atoms with Gasteiger partial charge in [-0.1, -0.05) is 0 Å². The second kappa shape index (κ2) is 9.77. The van der Waals surface area contributed by atoms with E-state index < -0.39 is 6.10 Å². The van der Waals surface area contributed by atoms with E-state index >= 15 is 0 Å². The SMILES string of the molecule is CC(O)c1cc2cnc(Nc3ccc(N4CCNCC4)nn3)nc2c(N[C@H]2CCCOC2)n1. The molecular weight excluding hydrogens is 422 g/mol. The maximum Gasteiger partial charge on any atom is 0.229 e. The van der Waals surface area contributed by atoms with Crippen LogP contribution in [0.3, 0.4) is 0 Å². The normalized spacial score (nSPS) is 19.9. The van der Waals surface area contributed by atoms with Crippen LogP contribution < -0.4 is 20.9 Å². The van der Waals surface area contributed by atoms with Gasteiger partial charge in [-0.15, -0.1) is 10.2 Å². The standard InChI is InChI=1S/C22H29N9O2/c1-14(32)17-11-15-12-24-22(28-20(15)21(26-17)25-16-3-2-10-33-13-16)27-18-4-5-19(30-29-18)31-8-6-23-7-9-31/h4-5,11-12,14,16,23,32H,2-3,6-10,13H2,1H3,(H,25,26)(H,24,27,28,29)/t14?,16-/m0/s1. The van der Waals surface area contributed by atoms with Crippen molar-refractivity contribution in [3.05, 3.63) is 30.1 Å². The zero-order valence-electron chi connectivity index (χ0n) is 18.7. The lowest BCUT2D eigenvalue weighted by Crippen LogP contribution is -2.43. The summed E-state index contributed by atoms with van der Waals surface area (Å²) in [6.45, 7) is 6.82. The first-order chi connectivity index (χ1) is 16.2. The van der Waals surface area contributed by atoms with Crippen molar-refractivity contribution in [1.29, 1.82) is 0 Å². The van der Waals surface area contributed by atoms with Crippen LogP contribution in [-0.2, 0) is 4.74 Å². The molecule has 3 aromatic rings. The molecule has 2 aliphatic rings. The lowest BCUT2D eigenvalue weighted by molar-refractivity contribution is 0.0875. The molecule has 2 atom stereocenters. The Hall–Kier alpha value is -3.15. The van der Waals surface area contributed by atoms with Gasteiger partial charge < -0.3 is 30.7 Å². The number of anilines is 4. The van der Waals surface area contributed by atoms with Crippen LogP contribution in [0.5, 0.6) is 0 Å². The van der Waals surface area contributed by atoms with E-state index in [1.54, 1.807) is 13.1 Å². The summed E-state index contributed by atoms with van der Waals surface area (Å²) in [4.78, 5) is 16.0. The molecule has 11 heteroatoms. The van der Waals surface area contributed by atoms with E-state index in [1.165, 1.54) is 0 Å². The van der Waals surface area contributed by atoms with Crippen molar-refractivity contribution < 1.29 is 9.84 Å². The third-order valence-corrected chi connectivity index (χ3v) is 5.85. The van der Waals surface area contributed by atoms with Gasteiger partial charge in [0.25, 0.3) is 0 Å². The number of nitrogens with zero attached hydrogens (tertiary/aromatic N) is 6. The lowest BCUT2D eigenvalue weighted by atomic mass is 10.1. The van der Waals surface area contributed by atoms with Gasteiger partial charge in [0.1, 0.15) is 5.52 Å². The van der Waals surface area contributed by atoms with Gasteiger partial charge in [0.15, 0.2) is 17.5 Å². The molecule has 1 unspecified atom stereocenters. The molecule has 0 bridgehead atoms. The van der Waals surface area contributed by atoms with Gasteiger partial charge in [-0.3, -0.25) is 0 Å². The molecule has 4 N–H and O–H groups in total. The summed E-state index contributed by atoms with van der Waals surface area (Å²) in [6.07, 6.45) is 3.02. The molecule has 0 aromatic carbocycles. The molecule has 0 radical (unpaired) electrons. The molecule has 2 fully saturated rings. The molecule has 0 amide bonds. The zero-order valence-corrected chi connectivity index (χ0v) is 18.7. The summed E-state index contributed by atoms with van der Waals surface area (Å²) in [6, 6.07) is 5.79. The number of fused-ring (bicyclic) bond motifs is 1. The molecule has 11 nitrogen and oxygen atoms in total. The van der Waals surface area contributed by atoms with Crippen molar-refractivity contribution in [2.45, 2.75) is 31.9 Å². The molecular formula is C22H29N9O2. The van der Waals surface area contributed by atoms with Gasteiger partial charge >= 0.3 is 0 Å². The fourth-order valence-corrected chi connectivity index (χ4v) is 4.05. The number of aliphatic hydroxyl groups excluding tert-OH is 1.